The Morgan fingerprint density at radius 3 is 2.18 bits per heavy atom. The van der Waals surface area contributed by atoms with E-state index >= 15 is 0 Å². The molecule has 0 bridgehead atoms. The van der Waals surface area contributed by atoms with Crippen molar-refractivity contribution in [2.24, 2.45) is 0 Å². The number of hydrogen-bond donors (Lipinski definition) is 0. The summed E-state index contributed by atoms with van der Waals surface area (Å²) in [4.78, 5) is 0. The molecule has 1 aromatic rings. The standard InChI is InChI=1S/C9H5Br2F5O/c10-4-5-3-6(1-2-7(5)11)17-9(15,16)8(12,13)14/h1-3H,4H2. The van der Waals surface area contributed by atoms with Crippen LogP contribution in [-0.2, 0) is 5.33 Å². The smallest absolute Gasteiger partial charge is 0.426 e. The van der Waals surface area contributed by atoms with Crippen molar-refractivity contribution in [2.45, 2.75) is 17.6 Å². The van der Waals surface area contributed by atoms with Gasteiger partial charge in [0.15, 0.2) is 0 Å². The third-order valence-corrected chi connectivity index (χ3v) is 3.11. The van der Waals surface area contributed by atoms with Crippen LogP contribution in [0.25, 0.3) is 0 Å². The SMILES string of the molecule is FC(F)(F)C(F)(F)Oc1ccc(Br)c(CBr)c1. The van der Waals surface area contributed by atoms with Crippen molar-refractivity contribution in [3.05, 3.63) is 28.2 Å². The summed E-state index contributed by atoms with van der Waals surface area (Å²) in [7, 11) is 0. The van der Waals surface area contributed by atoms with E-state index in [4.69, 9.17) is 0 Å². The van der Waals surface area contributed by atoms with Crippen LogP contribution < -0.4 is 4.74 Å². The van der Waals surface area contributed by atoms with Crippen LogP contribution in [0, 0.1) is 0 Å². The molecule has 0 spiro atoms. The van der Waals surface area contributed by atoms with Crippen LogP contribution in [-0.4, -0.2) is 12.3 Å². The van der Waals surface area contributed by atoms with Gasteiger partial charge in [0.2, 0.25) is 0 Å². The average molecular weight is 384 g/mol. The largest absolute Gasteiger partial charge is 0.499 e. The fraction of sp³-hybridized carbons (Fsp3) is 0.333. The summed E-state index contributed by atoms with van der Waals surface area (Å²) in [6.07, 6.45) is -10.9. The first kappa shape index (κ1) is 14.7. The summed E-state index contributed by atoms with van der Waals surface area (Å²) in [5, 5.41) is 0.294. The monoisotopic (exact) mass is 382 g/mol. The Balaban J connectivity index is 2.96. The second-order valence-electron chi connectivity index (χ2n) is 3.00. The number of ether oxygens (including phenoxy) is 1. The topological polar surface area (TPSA) is 9.23 Å². The molecule has 1 nitrogen and oxygen atoms in total. The molecule has 0 heterocycles. The minimum atomic E-state index is -5.74. The average Bonchev–Trinajstić information content (AvgIpc) is 2.19. The highest BCUT2D eigenvalue weighted by molar-refractivity contribution is 9.10. The molecule has 0 aliphatic rings. The van der Waals surface area contributed by atoms with Crippen molar-refractivity contribution < 1.29 is 26.7 Å². The molecule has 0 N–H and O–H groups in total. The molecule has 0 aliphatic carbocycles. The highest BCUT2D eigenvalue weighted by atomic mass is 79.9. The quantitative estimate of drug-likeness (QED) is 0.534. The molecule has 96 valence electrons. The Kier molecular flexibility index (Phi) is 4.40. The summed E-state index contributed by atoms with van der Waals surface area (Å²) >= 11 is 6.18. The third kappa shape index (κ3) is 3.54. The molecule has 1 rings (SSSR count). The van der Waals surface area contributed by atoms with E-state index < -0.39 is 18.0 Å². The molecule has 0 unspecified atom stereocenters. The highest BCUT2D eigenvalue weighted by Crippen LogP contribution is 2.38. The van der Waals surface area contributed by atoms with Gasteiger partial charge < -0.3 is 4.74 Å². The van der Waals surface area contributed by atoms with E-state index in [0.717, 1.165) is 12.1 Å². The lowest BCUT2D eigenvalue weighted by atomic mass is 10.2. The first-order valence-corrected chi connectivity index (χ1v) is 6.07. The molecular formula is C9H5Br2F5O. The lowest BCUT2D eigenvalue weighted by Gasteiger charge is -2.20. The summed E-state index contributed by atoms with van der Waals surface area (Å²) in [5.41, 5.74) is 0.500. The summed E-state index contributed by atoms with van der Waals surface area (Å²) in [5.74, 6) is -0.551. The van der Waals surface area contributed by atoms with E-state index in [2.05, 4.69) is 36.6 Å². The number of rotatable bonds is 3. The number of alkyl halides is 6. The maximum atomic E-state index is 12.6. The Labute approximate surface area is 110 Å². The molecule has 0 saturated heterocycles. The summed E-state index contributed by atoms with van der Waals surface area (Å²) in [6, 6.07) is 3.45. The van der Waals surface area contributed by atoms with E-state index in [-0.39, 0.29) is 0 Å². The first-order chi connectivity index (χ1) is 7.67. The van der Waals surface area contributed by atoms with E-state index in [9.17, 15) is 22.0 Å². The van der Waals surface area contributed by atoms with Gasteiger partial charge in [0.1, 0.15) is 5.75 Å². The van der Waals surface area contributed by atoms with Crippen LogP contribution in [0.15, 0.2) is 22.7 Å². The Morgan fingerprint density at radius 2 is 1.71 bits per heavy atom. The normalized spacial score (nSPS) is 12.6. The summed E-state index contributed by atoms with van der Waals surface area (Å²) in [6.45, 7) is 0. The van der Waals surface area contributed by atoms with Crippen molar-refractivity contribution in [1.82, 2.24) is 0 Å². The van der Waals surface area contributed by atoms with Crippen LogP contribution in [0.3, 0.4) is 0 Å². The van der Waals surface area contributed by atoms with Crippen molar-refractivity contribution in [2.75, 3.05) is 0 Å². The van der Waals surface area contributed by atoms with E-state index in [1.165, 1.54) is 6.07 Å². The van der Waals surface area contributed by atoms with Gasteiger partial charge in [-0.3, -0.25) is 0 Å². The van der Waals surface area contributed by atoms with E-state index in [1.807, 2.05) is 0 Å². The minimum absolute atomic E-state index is 0.294. The van der Waals surface area contributed by atoms with Crippen LogP contribution in [0.5, 0.6) is 5.75 Å². The van der Waals surface area contributed by atoms with Crippen LogP contribution in [0.1, 0.15) is 5.56 Å². The van der Waals surface area contributed by atoms with Crippen molar-refractivity contribution in [3.8, 4) is 5.75 Å². The second kappa shape index (κ2) is 5.09. The fourth-order valence-electron chi connectivity index (χ4n) is 0.923. The zero-order chi connectivity index (χ0) is 13.3. The summed E-state index contributed by atoms with van der Waals surface area (Å²) < 4.78 is 65.1. The lowest BCUT2D eigenvalue weighted by molar-refractivity contribution is -0.360. The molecule has 0 radical (unpaired) electrons. The lowest BCUT2D eigenvalue weighted by Crippen LogP contribution is -2.41. The highest BCUT2D eigenvalue weighted by Gasteiger charge is 2.61. The second-order valence-corrected chi connectivity index (χ2v) is 4.42. The van der Waals surface area contributed by atoms with Gasteiger partial charge in [0.05, 0.1) is 0 Å². The molecule has 0 fully saturated rings. The number of halogens is 7. The van der Waals surface area contributed by atoms with Gasteiger partial charge in [-0.25, -0.2) is 0 Å². The van der Waals surface area contributed by atoms with Gasteiger partial charge in [0.25, 0.3) is 0 Å². The zero-order valence-electron chi connectivity index (χ0n) is 7.99. The van der Waals surface area contributed by atoms with Gasteiger partial charge in [-0.1, -0.05) is 31.9 Å². The Morgan fingerprint density at radius 1 is 1.12 bits per heavy atom. The van der Waals surface area contributed by atoms with Crippen LogP contribution >= 0.6 is 31.9 Å². The van der Waals surface area contributed by atoms with Crippen LogP contribution in [0.2, 0.25) is 0 Å². The maximum absolute atomic E-state index is 12.6. The third-order valence-electron chi connectivity index (χ3n) is 1.74. The Hall–Kier alpha value is -0.370. The van der Waals surface area contributed by atoms with Crippen molar-refractivity contribution in [3.63, 3.8) is 0 Å². The molecule has 0 saturated carbocycles. The first-order valence-electron chi connectivity index (χ1n) is 4.15. The fourth-order valence-corrected chi connectivity index (χ4v) is 2.15. The van der Waals surface area contributed by atoms with Gasteiger partial charge in [-0.15, -0.1) is 0 Å². The molecule has 8 heteroatoms. The van der Waals surface area contributed by atoms with E-state index in [0.29, 0.717) is 15.4 Å². The van der Waals surface area contributed by atoms with Crippen LogP contribution in [0.4, 0.5) is 22.0 Å². The van der Waals surface area contributed by atoms with Gasteiger partial charge in [-0.05, 0) is 23.8 Å². The van der Waals surface area contributed by atoms with Crippen molar-refractivity contribution in [1.29, 1.82) is 0 Å². The van der Waals surface area contributed by atoms with Gasteiger partial charge in [0, 0.05) is 9.80 Å². The number of hydrogen-bond acceptors (Lipinski definition) is 1. The molecule has 0 atom stereocenters. The van der Waals surface area contributed by atoms with Gasteiger partial charge in [-0.2, -0.15) is 22.0 Å². The predicted molar refractivity (Wildman–Crippen MR) is 58.4 cm³/mol. The molecule has 0 aliphatic heterocycles. The molecule has 0 amide bonds. The van der Waals surface area contributed by atoms with Gasteiger partial charge >= 0.3 is 12.3 Å². The molecule has 17 heavy (non-hydrogen) atoms. The minimum Gasteiger partial charge on any atom is -0.426 e. The van der Waals surface area contributed by atoms with E-state index in [1.54, 1.807) is 0 Å². The predicted octanol–water partition coefficient (Wildman–Crippen LogP) is 4.88. The maximum Gasteiger partial charge on any atom is 0.499 e. The molecule has 1 aromatic carbocycles. The van der Waals surface area contributed by atoms with Crippen molar-refractivity contribution >= 4 is 31.9 Å². The zero-order valence-corrected chi connectivity index (χ0v) is 11.2. The molecular weight excluding hydrogens is 379 g/mol. The Bertz CT molecular complexity index is 405. The molecule has 0 aromatic heterocycles. The number of benzene rings is 1.